The van der Waals surface area contributed by atoms with Crippen LogP contribution in [0.1, 0.15) is 44.4 Å². The van der Waals surface area contributed by atoms with E-state index < -0.39 is 0 Å². The highest BCUT2D eigenvalue weighted by molar-refractivity contribution is 6.36. The zero-order valence-corrected chi connectivity index (χ0v) is 19.4. The molecule has 2 aromatic carbocycles. The molecule has 4 rings (SSSR count). The fourth-order valence-corrected chi connectivity index (χ4v) is 4.04. The Morgan fingerprint density at radius 1 is 1.22 bits per heavy atom. The largest absolute Gasteiger partial charge is 0.441 e. The van der Waals surface area contributed by atoms with E-state index in [1.165, 1.54) is 0 Å². The van der Waals surface area contributed by atoms with Gasteiger partial charge in [0.1, 0.15) is 5.82 Å². The van der Waals surface area contributed by atoms with Crippen LogP contribution in [-0.2, 0) is 11.2 Å². The molecule has 0 aliphatic carbocycles. The molecule has 0 saturated carbocycles. The first-order valence-corrected chi connectivity index (χ1v) is 11.3. The second-order valence-electron chi connectivity index (χ2n) is 7.81. The first-order valence-electron chi connectivity index (χ1n) is 10.6. The van der Waals surface area contributed by atoms with E-state index in [9.17, 15) is 4.79 Å². The molecule has 2 heterocycles. The summed E-state index contributed by atoms with van der Waals surface area (Å²) in [5.41, 5.74) is 2.55. The fourth-order valence-electron chi connectivity index (χ4n) is 3.54. The lowest BCUT2D eigenvalue weighted by molar-refractivity contribution is -0.122. The molecule has 2 unspecified atom stereocenters. The van der Waals surface area contributed by atoms with Crippen molar-refractivity contribution in [1.29, 1.82) is 0 Å². The SMILES string of the molecule is CCC(C)C(NC(=O)CCc1ncc(-c2ccc(Cl)cc2Cl)o1)c1nc2ccccc2[nH]1. The Morgan fingerprint density at radius 2 is 2.03 bits per heavy atom. The first kappa shape index (κ1) is 22.4. The van der Waals surface area contributed by atoms with Gasteiger partial charge in [-0.25, -0.2) is 9.97 Å². The van der Waals surface area contributed by atoms with Crippen LogP contribution < -0.4 is 5.32 Å². The van der Waals surface area contributed by atoms with Gasteiger partial charge in [-0.05, 0) is 36.2 Å². The van der Waals surface area contributed by atoms with E-state index in [-0.39, 0.29) is 24.3 Å². The highest BCUT2D eigenvalue weighted by Crippen LogP contribution is 2.31. The lowest BCUT2D eigenvalue weighted by Crippen LogP contribution is -2.33. The first-order chi connectivity index (χ1) is 15.4. The van der Waals surface area contributed by atoms with Gasteiger partial charge in [0.25, 0.3) is 0 Å². The van der Waals surface area contributed by atoms with E-state index in [0.29, 0.717) is 33.7 Å². The van der Waals surface area contributed by atoms with Crippen molar-refractivity contribution in [3.63, 3.8) is 0 Å². The molecule has 2 aromatic heterocycles. The highest BCUT2D eigenvalue weighted by atomic mass is 35.5. The van der Waals surface area contributed by atoms with Gasteiger partial charge in [0, 0.05) is 23.4 Å². The number of H-pyrrole nitrogens is 1. The second kappa shape index (κ2) is 9.76. The van der Waals surface area contributed by atoms with Crippen LogP contribution in [0.3, 0.4) is 0 Å². The number of hydrogen-bond donors (Lipinski definition) is 2. The van der Waals surface area contributed by atoms with Gasteiger partial charge < -0.3 is 14.7 Å². The molecule has 0 aliphatic heterocycles. The second-order valence-corrected chi connectivity index (χ2v) is 8.66. The van der Waals surface area contributed by atoms with Crippen LogP contribution in [0.4, 0.5) is 0 Å². The van der Waals surface area contributed by atoms with Crippen LogP contribution in [0.5, 0.6) is 0 Å². The summed E-state index contributed by atoms with van der Waals surface area (Å²) in [6.45, 7) is 4.21. The lowest BCUT2D eigenvalue weighted by Gasteiger charge is -2.22. The summed E-state index contributed by atoms with van der Waals surface area (Å²) >= 11 is 12.2. The Hall–Kier alpha value is -2.83. The Balaban J connectivity index is 1.42. The number of para-hydroxylation sites is 2. The smallest absolute Gasteiger partial charge is 0.221 e. The Morgan fingerprint density at radius 3 is 2.78 bits per heavy atom. The number of fused-ring (bicyclic) bond motifs is 1. The van der Waals surface area contributed by atoms with Gasteiger partial charge in [-0.15, -0.1) is 0 Å². The van der Waals surface area contributed by atoms with Gasteiger partial charge >= 0.3 is 0 Å². The number of nitrogens with one attached hydrogen (secondary N) is 2. The summed E-state index contributed by atoms with van der Waals surface area (Å²) in [7, 11) is 0. The molecule has 0 radical (unpaired) electrons. The van der Waals surface area contributed by atoms with Crippen molar-refractivity contribution in [1.82, 2.24) is 20.3 Å². The maximum atomic E-state index is 12.7. The lowest BCUT2D eigenvalue weighted by atomic mass is 9.98. The zero-order valence-electron chi connectivity index (χ0n) is 17.9. The van der Waals surface area contributed by atoms with Crippen molar-refractivity contribution < 1.29 is 9.21 Å². The number of carbonyl (C=O) groups is 1. The molecule has 2 atom stereocenters. The summed E-state index contributed by atoms with van der Waals surface area (Å²) in [6, 6.07) is 12.8. The molecular formula is C24H24Cl2N4O2. The van der Waals surface area contributed by atoms with E-state index >= 15 is 0 Å². The van der Waals surface area contributed by atoms with Gasteiger partial charge in [-0.1, -0.05) is 55.6 Å². The summed E-state index contributed by atoms with van der Waals surface area (Å²) in [5.74, 6) is 1.93. The fraction of sp³-hybridized carbons (Fsp3) is 0.292. The van der Waals surface area contributed by atoms with Crippen LogP contribution in [-0.4, -0.2) is 20.9 Å². The number of benzene rings is 2. The zero-order chi connectivity index (χ0) is 22.7. The summed E-state index contributed by atoms with van der Waals surface area (Å²) in [6.07, 6.45) is 3.15. The number of imidazole rings is 1. The van der Waals surface area contributed by atoms with Gasteiger partial charge in [0.2, 0.25) is 5.91 Å². The molecule has 2 N–H and O–H groups in total. The minimum absolute atomic E-state index is 0.0833. The van der Waals surface area contributed by atoms with Crippen LogP contribution in [0.2, 0.25) is 10.0 Å². The summed E-state index contributed by atoms with van der Waals surface area (Å²) in [4.78, 5) is 25.1. The summed E-state index contributed by atoms with van der Waals surface area (Å²) < 4.78 is 5.80. The third-order valence-electron chi connectivity index (χ3n) is 5.55. The predicted octanol–water partition coefficient (Wildman–Crippen LogP) is 6.36. The highest BCUT2D eigenvalue weighted by Gasteiger charge is 2.24. The number of rotatable bonds is 8. The normalized spacial score (nSPS) is 13.2. The predicted molar refractivity (Wildman–Crippen MR) is 127 cm³/mol. The van der Waals surface area contributed by atoms with Gasteiger partial charge in [-0.3, -0.25) is 4.79 Å². The molecule has 0 saturated heterocycles. The van der Waals surface area contributed by atoms with Gasteiger partial charge in [0.05, 0.1) is 28.3 Å². The molecule has 0 bridgehead atoms. The Kier molecular flexibility index (Phi) is 6.82. The number of aromatic amines is 1. The quantitative estimate of drug-likeness (QED) is 0.313. The number of carbonyl (C=O) groups excluding carboxylic acids is 1. The van der Waals surface area contributed by atoms with Crippen LogP contribution in [0.25, 0.3) is 22.4 Å². The third kappa shape index (κ3) is 4.97. The molecule has 166 valence electrons. The molecule has 32 heavy (non-hydrogen) atoms. The minimum Gasteiger partial charge on any atom is -0.441 e. The Labute approximate surface area is 196 Å². The number of hydrogen-bond acceptors (Lipinski definition) is 4. The molecule has 0 spiro atoms. The number of amides is 1. The number of halogens is 2. The number of nitrogens with zero attached hydrogens (tertiary/aromatic N) is 2. The van der Waals surface area contributed by atoms with E-state index in [0.717, 1.165) is 23.3 Å². The number of oxazole rings is 1. The minimum atomic E-state index is -0.201. The van der Waals surface area contributed by atoms with Crippen molar-refractivity contribution in [2.75, 3.05) is 0 Å². The van der Waals surface area contributed by atoms with E-state index in [1.54, 1.807) is 24.4 Å². The van der Waals surface area contributed by atoms with Crippen LogP contribution in [0.15, 0.2) is 53.1 Å². The van der Waals surface area contributed by atoms with Crippen molar-refractivity contribution >= 4 is 40.1 Å². The molecule has 8 heteroatoms. The topological polar surface area (TPSA) is 83.8 Å². The van der Waals surface area contributed by atoms with Crippen molar-refractivity contribution in [3.8, 4) is 11.3 Å². The standard InChI is InChI=1S/C24H24Cl2N4O2/c1-3-14(2)23(24-28-18-6-4-5-7-19(18)29-24)30-21(31)10-11-22-27-13-20(32-22)16-9-8-15(25)12-17(16)26/h4-9,12-14,23H,3,10-11H2,1-2H3,(H,28,29)(H,30,31). The molecule has 1 amide bonds. The van der Waals surface area contributed by atoms with Crippen LogP contribution in [0, 0.1) is 5.92 Å². The maximum absolute atomic E-state index is 12.7. The number of aryl methyl sites for hydroxylation is 1. The van der Waals surface area contributed by atoms with Crippen LogP contribution >= 0.6 is 23.2 Å². The Bertz CT molecular complexity index is 1200. The van der Waals surface area contributed by atoms with Gasteiger partial charge in [-0.2, -0.15) is 0 Å². The maximum Gasteiger partial charge on any atom is 0.221 e. The van der Waals surface area contributed by atoms with Crippen molar-refractivity contribution in [3.05, 3.63) is 70.4 Å². The molecular weight excluding hydrogens is 447 g/mol. The van der Waals surface area contributed by atoms with E-state index in [2.05, 4.69) is 34.1 Å². The molecule has 4 aromatic rings. The molecule has 6 nitrogen and oxygen atoms in total. The van der Waals surface area contributed by atoms with Gasteiger partial charge in [0.15, 0.2) is 11.7 Å². The average Bonchev–Trinajstić information content (AvgIpc) is 3.42. The summed E-state index contributed by atoms with van der Waals surface area (Å²) in [5, 5.41) is 4.17. The number of aromatic nitrogens is 3. The van der Waals surface area contributed by atoms with E-state index in [4.69, 9.17) is 27.6 Å². The third-order valence-corrected chi connectivity index (χ3v) is 6.10. The monoisotopic (exact) mass is 470 g/mol. The average molecular weight is 471 g/mol. The van der Waals surface area contributed by atoms with Crippen molar-refractivity contribution in [2.24, 2.45) is 5.92 Å². The van der Waals surface area contributed by atoms with Crippen molar-refractivity contribution in [2.45, 2.75) is 39.2 Å². The molecule has 0 aliphatic rings. The van der Waals surface area contributed by atoms with E-state index in [1.807, 2.05) is 24.3 Å². The molecule has 0 fully saturated rings.